The van der Waals surface area contributed by atoms with Gasteiger partial charge in [0.15, 0.2) is 0 Å². The third kappa shape index (κ3) is 2.93. The predicted molar refractivity (Wildman–Crippen MR) is 72.6 cm³/mol. The largest absolute Gasteiger partial charge is 0.392 e. The van der Waals surface area contributed by atoms with Gasteiger partial charge in [-0.3, -0.25) is 0 Å². The highest BCUT2D eigenvalue weighted by molar-refractivity contribution is 6.30. The first-order chi connectivity index (χ1) is 8.02. The van der Waals surface area contributed by atoms with Crippen LogP contribution in [0.1, 0.15) is 32.3 Å². The number of halogens is 1. The van der Waals surface area contributed by atoms with Crippen molar-refractivity contribution in [1.82, 2.24) is 0 Å². The highest BCUT2D eigenvalue weighted by Gasteiger charge is 2.27. The van der Waals surface area contributed by atoms with Crippen LogP contribution in [0.3, 0.4) is 0 Å². The predicted octanol–water partition coefficient (Wildman–Crippen LogP) is 3.46. The van der Waals surface area contributed by atoms with E-state index in [1.165, 1.54) is 12.8 Å². The molecule has 2 rings (SSSR count). The minimum atomic E-state index is 0.0728. The number of nitrogens with zero attached hydrogens (tertiary/aromatic N) is 1. The van der Waals surface area contributed by atoms with Gasteiger partial charge in [-0.25, -0.2) is 0 Å². The first-order valence-corrected chi connectivity index (χ1v) is 6.54. The summed E-state index contributed by atoms with van der Waals surface area (Å²) in [5.41, 5.74) is 2.40. The van der Waals surface area contributed by atoms with Crippen molar-refractivity contribution in [2.45, 2.75) is 33.3 Å². The van der Waals surface area contributed by atoms with E-state index >= 15 is 0 Å². The normalized spacial score (nSPS) is 19.4. The van der Waals surface area contributed by atoms with Gasteiger partial charge in [0, 0.05) is 29.4 Å². The minimum absolute atomic E-state index is 0.0728. The fourth-order valence-corrected chi connectivity index (χ4v) is 2.76. The van der Waals surface area contributed by atoms with Gasteiger partial charge in [-0.15, -0.1) is 0 Å². The summed E-state index contributed by atoms with van der Waals surface area (Å²) < 4.78 is 0. The van der Waals surface area contributed by atoms with Crippen LogP contribution in [0.15, 0.2) is 18.2 Å². The molecule has 0 aliphatic carbocycles. The summed E-state index contributed by atoms with van der Waals surface area (Å²) in [6.07, 6.45) is 2.46. The number of aliphatic hydroxyl groups is 1. The van der Waals surface area contributed by atoms with Gasteiger partial charge in [0.1, 0.15) is 0 Å². The van der Waals surface area contributed by atoms with Gasteiger partial charge in [0.25, 0.3) is 0 Å². The van der Waals surface area contributed by atoms with Gasteiger partial charge >= 0.3 is 0 Å². The Bertz CT molecular complexity index is 403. The maximum Gasteiger partial charge on any atom is 0.0702 e. The molecule has 94 valence electrons. The monoisotopic (exact) mass is 253 g/mol. The van der Waals surface area contributed by atoms with Crippen LogP contribution in [0, 0.1) is 5.41 Å². The smallest absolute Gasteiger partial charge is 0.0702 e. The van der Waals surface area contributed by atoms with E-state index in [4.69, 9.17) is 11.6 Å². The zero-order chi connectivity index (χ0) is 12.5. The summed E-state index contributed by atoms with van der Waals surface area (Å²) in [6.45, 7) is 6.74. The molecule has 1 heterocycles. The van der Waals surface area contributed by atoms with E-state index in [1.807, 2.05) is 18.2 Å². The third-order valence-corrected chi connectivity index (χ3v) is 3.69. The molecule has 0 saturated carbocycles. The van der Waals surface area contributed by atoms with Crippen LogP contribution in [0.2, 0.25) is 5.02 Å². The number of hydrogen-bond donors (Lipinski definition) is 1. The van der Waals surface area contributed by atoms with Crippen molar-refractivity contribution in [2.75, 3.05) is 18.0 Å². The molecule has 1 saturated heterocycles. The zero-order valence-electron chi connectivity index (χ0n) is 10.5. The lowest BCUT2D eigenvalue weighted by molar-refractivity contribution is 0.276. The van der Waals surface area contributed by atoms with E-state index in [2.05, 4.69) is 18.7 Å². The first kappa shape index (κ1) is 12.7. The summed E-state index contributed by atoms with van der Waals surface area (Å²) >= 11 is 6.06. The van der Waals surface area contributed by atoms with Crippen molar-refractivity contribution in [2.24, 2.45) is 5.41 Å². The lowest BCUT2D eigenvalue weighted by Crippen LogP contribution is -2.40. The zero-order valence-corrected chi connectivity index (χ0v) is 11.3. The fraction of sp³-hybridized carbons (Fsp3) is 0.571. The van der Waals surface area contributed by atoms with Crippen LogP contribution < -0.4 is 4.90 Å². The van der Waals surface area contributed by atoms with Crippen molar-refractivity contribution in [3.63, 3.8) is 0 Å². The molecule has 0 amide bonds. The van der Waals surface area contributed by atoms with E-state index in [1.54, 1.807) is 0 Å². The Kier molecular flexibility index (Phi) is 3.64. The molecule has 1 aromatic carbocycles. The molecule has 17 heavy (non-hydrogen) atoms. The van der Waals surface area contributed by atoms with Crippen molar-refractivity contribution in [3.8, 4) is 0 Å². The van der Waals surface area contributed by atoms with Gasteiger partial charge in [-0.1, -0.05) is 31.5 Å². The summed E-state index contributed by atoms with van der Waals surface area (Å²) in [4.78, 5) is 2.35. The molecule has 1 aromatic rings. The second-order valence-electron chi connectivity index (χ2n) is 5.62. The summed E-state index contributed by atoms with van der Waals surface area (Å²) in [6, 6.07) is 5.72. The molecule has 0 radical (unpaired) electrons. The molecule has 0 bridgehead atoms. The van der Waals surface area contributed by atoms with E-state index in [0.29, 0.717) is 5.41 Å². The number of rotatable bonds is 2. The molecule has 0 aromatic heterocycles. The Labute approximate surface area is 108 Å². The van der Waals surface area contributed by atoms with Crippen LogP contribution in [0.4, 0.5) is 5.69 Å². The highest BCUT2D eigenvalue weighted by Crippen LogP contribution is 2.34. The van der Waals surface area contributed by atoms with Crippen LogP contribution in [-0.4, -0.2) is 18.2 Å². The van der Waals surface area contributed by atoms with E-state index in [0.717, 1.165) is 29.4 Å². The second kappa shape index (κ2) is 4.87. The van der Waals surface area contributed by atoms with Crippen molar-refractivity contribution < 1.29 is 5.11 Å². The Morgan fingerprint density at radius 2 is 2.18 bits per heavy atom. The second-order valence-corrected chi connectivity index (χ2v) is 6.06. The van der Waals surface area contributed by atoms with Gasteiger partial charge in [-0.05, 0) is 30.4 Å². The number of piperidine rings is 1. The van der Waals surface area contributed by atoms with Crippen molar-refractivity contribution in [1.29, 1.82) is 0 Å². The Hall–Kier alpha value is -0.730. The van der Waals surface area contributed by atoms with Gasteiger partial charge in [0.05, 0.1) is 6.61 Å². The van der Waals surface area contributed by atoms with Gasteiger partial charge in [0.2, 0.25) is 0 Å². The molecule has 1 aliphatic heterocycles. The van der Waals surface area contributed by atoms with Crippen LogP contribution in [0.5, 0.6) is 0 Å². The number of anilines is 1. The Morgan fingerprint density at radius 3 is 2.82 bits per heavy atom. The average Bonchev–Trinajstić information content (AvgIpc) is 2.27. The van der Waals surface area contributed by atoms with E-state index < -0.39 is 0 Å². The van der Waals surface area contributed by atoms with E-state index in [9.17, 15) is 5.11 Å². The minimum Gasteiger partial charge on any atom is -0.392 e. The molecular weight excluding hydrogens is 234 g/mol. The van der Waals surface area contributed by atoms with Crippen LogP contribution in [0.25, 0.3) is 0 Å². The molecule has 1 fully saturated rings. The number of aliphatic hydroxyl groups excluding tert-OH is 1. The molecule has 1 aliphatic rings. The fourth-order valence-electron chi connectivity index (χ4n) is 2.59. The Balaban J connectivity index is 2.29. The molecule has 0 atom stereocenters. The van der Waals surface area contributed by atoms with E-state index in [-0.39, 0.29) is 6.61 Å². The summed E-state index contributed by atoms with van der Waals surface area (Å²) in [5.74, 6) is 0. The maximum atomic E-state index is 9.40. The molecule has 0 spiro atoms. The molecule has 2 nitrogen and oxygen atoms in total. The summed E-state index contributed by atoms with van der Waals surface area (Å²) in [5, 5.41) is 10.1. The Morgan fingerprint density at radius 1 is 1.41 bits per heavy atom. The SMILES string of the molecule is CC1(C)CCCN(c2cc(Cl)ccc2CO)C1. The topological polar surface area (TPSA) is 23.5 Å². The van der Waals surface area contributed by atoms with Crippen LogP contribution >= 0.6 is 11.6 Å². The molecule has 3 heteroatoms. The number of benzene rings is 1. The molecule has 1 N–H and O–H groups in total. The third-order valence-electron chi connectivity index (χ3n) is 3.46. The lowest BCUT2D eigenvalue weighted by atomic mass is 9.84. The standard InChI is InChI=1S/C14H20ClNO/c1-14(2)6-3-7-16(10-14)13-8-12(15)5-4-11(13)9-17/h4-5,8,17H,3,6-7,9-10H2,1-2H3. The number of hydrogen-bond acceptors (Lipinski definition) is 2. The quantitative estimate of drug-likeness (QED) is 0.873. The highest BCUT2D eigenvalue weighted by atomic mass is 35.5. The van der Waals surface area contributed by atoms with Crippen LogP contribution in [-0.2, 0) is 6.61 Å². The van der Waals surface area contributed by atoms with Gasteiger partial charge < -0.3 is 10.0 Å². The molecular formula is C14H20ClNO. The first-order valence-electron chi connectivity index (χ1n) is 6.16. The van der Waals surface area contributed by atoms with Gasteiger partial charge in [-0.2, -0.15) is 0 Å². The maximum absolute atomic E-state index is 9.40. The lowest BCUT2D eigenvalue weighted by Gasteiger charge is -2.40. The average molecular weight is 254 g/mol. The van der Waals surface area contributed by atoms with Crippen molar-refractivity contribution in [3.05, 3.63) is 28.8 Å². The summed E-state index contributed by atoms with van der Waals surface area (Å²) in [7, 11) is 0. The van der Waals surface area contributed by atoms with Crippen molar-refractivity contribution >= 4 is 17.3 Å². The molecule has 0 unspecified atom stereocenters.